The second-order valence-electron chi connectivity index (χ2n) is 6.11. The molecule has 1 aromatic heterocycles. The molecule has 0 saturated carbocycles. The lowest BCUT2D eigenvalue weighted by atomic mass is 10.2. The molecule has 0 aliphatic heterocycles. The molecule has 0 bridgehead atoms. The molecule has 0 saturated heterocycles. The second-order valence-corrected chi connectivity index (χ2v) is 7.07. The van der Waals surface area contributed by atoms with Crippen LogP contribution < -0.4 is 9.64 Å². The number of thioether (sulfide) groups is 1. The van der Waals surface area contributed by atoms with Crippen LogP contribution in [0.4, 0.5) is 27.6 Å². The van der Waals surface area contributed by atoms with E-state index in [0.29, 0.717) is 21.8 Å². The van der Waals surface area contributed by atoms with Crippen molar-refractivity contribution in [2.45, 2.75) is 23.4 Å². The molecule has 0 atom stereocenters. The number of fused-ring (bicyclic) bond motifs is 1. The van der Waals surface area contributed by atoms with Gasteiger partial charge in [0.1, 0.15) is 11.6 Å². The molecule has 0 unspecified atom stereocenters. The number of imidazole rings is 1. The Labute approximate surface area is 161 Å². The van der Waals surface area contributed by atoms with Gasteiger partial charge in [-0.15, -0.1) is 0 Å². The standard InChI is InChI=1S/C18H16F5N3OS/c1-26(2)15-5-3-4-12(19)11(15)9-28-17-24-13-7-6-10(8-14(13)25-17)27-18(22,23)16(20)21/h3-8,16H,9H2,1-2H3,(H,24,25). The van der Waals surface area contributed by atoms with Crippen LogP contribution in [0.3, 0.4) is 0 Å². The maximum absolute atomic E-state index is 14.2. The molecule has 3 rings (SSSR count). The van der Waals surface area contributed by atoms with Crippen molar-refractivity contribution in [2.75, 3.05) is 19.0 Å². The van der Waals surface area contributed by atoms with E-state index in [1.807, 2.05) is 0 Å². The number of hydrogen-bond donors (Lipinski definition) is 1. The number of benzene rings is 2. The van der Waals surface area contributed by atoms with Crippen molar-refractivity contribution in [3.8, 4) is 5.75 Å². The van der Waals surface area contributed by atoms with E-state index in [9.17, 15) is 22.0 Å². The fourth-order valence-corrected chi connectivity index (χ4v) is 3.46. The molecular formula is C18H16F5N3OS. The number of halogens is 5. The molecule has 4 nitrogen and oxygen atoms in total. The highest BCUT2D eigenvalue weighted by molar-refractivity contribution is 7.98. The monoisotopic (exact) mass is 417 g/mol. The van der Waals surface area contributed by atoms with Gasteiger partial charge >= 0.3 is 12.5 Å². The van der Waals surface area contributed by atoms with Gasteiger partial charge in [-0.2, -0.15) is 17.6 Å². The Balaban J connectivity index is 1.79. The van der Waals surface area contributed by atoms with E-state index in [2.05, 4.69) is 14.7 Å². The first-order valence-corrected chi connectivity index (χ1v) is 9.08. The van der Waals surface area contributed by atoms with Gasteiger partial charge in [-0.1, -0.05) is 17.8 Å². The number of alkyl halides is 4. The van der Waals surface area contributed by atoms with Crippen molar-refractivity contribution in [1.82, 2.24) is 9.97 Å². The van der Waals surface area contributed by atoms with Gasteiger partial charge in [0.15, 0.2) is 5.16 Å². The number of rotatable bonds is 7. The Bertz CT molecular complexity index is 977. The predicted molar refractivity (Wildman–Crippen MR) is 98.0 cm³/mol. The summed E-state index contributed by atoms with van der Waals surface area (Å²) in [4.78, 5) is 8.97. The maximum Gasteiger partial charge on any atom is 0.461 e. The summed E-state index contributed by atoms with van der Waals surface area (Å²) < 4.78 is 68.9. The summed E-state index contributed by atoms with van der Waals surface area (Å²) in [5.74, 6) is -0.478. The van der Waals surface area contributed by atoms with Gasteiger partial charge in [0, 0.05) is 37.2 Å². The third-order valence-electron chi connectivity index (χ3n) is 3.87. The van der Waals surface area contributed by atoms with E-state index in [1.165, 1.54) is 23.9 Å². The number of nitrogens with zero attached hydrogens (tertiary/aromatic N) is 2. The highest BCUT2D eigenvalue weighted by Crippen LogP contribution is 2.32. The Hall–Kier alpha value is -2.49. The number of hydrogen-bond acceptors (Lipinski definition) is 4. The Kier molecular flexibility index (Phi) is 5.69. The molecule has 1 N–H and O–H groups in total. The number of aromatic nitrogens is 2. The molecule has 0 aliphatic carbocycles. The van der Waals surface area contributed by atoms with Crippen molar-refractivity contribution >= 4 is 28.5 Å². The van der Waals surface area contributed by atoms with E-state index in [-0.39, 0.29) is 11.6 Å². The van der Waals surface area contributed by atoms with Crippen molar-refractivity contribution in [3.63, 3.8) is 0 Å². The molecule has 0 fully saturated rings. The summed E-state index contributed by atoms with van der Waals surface area (Å²) in [6.07, 6.45) is -8.53. The largest absolute Gasteiger partial charge is 0.461 e. The highest BCUT2D eigenvalue weighted by atomic mass is 32.2. The van der Waals surface area contributed by atoms with E-state index >= 15 is 0 Å². The smallest absolute Gasteiger partial charge is 0.428 e. The Morgan fingerprint density at radius 1 is 1.21 bits per heavy atom. The fraction of sp³-hybridized carbons (Fsp3) is 0.278. The van der Waals surface area contributed by atoms with Crippen molar-refractivity contribution in [1.29, 1.82) is 0 Å². The van der Waals surface area contributed by atoms with Crippen LogP contribution in [0.1, 0.15) is 5.56 Å². The van der Waals surface area contributed by atoms with Gasteiger partial charge in [0.05, 0.1) is 11.0 Å². The first-order chi connectivity index (χ1) is 13.2. The van der Waals surface area contributed by atoms with Crippen molar-refractivity contribution in [3.05, 3.63) is 47.8 Å². The van der Waals surface area contributed by atoms with Gasteiger partial charge in [-0.25, -0.2) is 9.37 Å². The Morgan fingerprint density at radius 2 is 1.96 bits per heavy atom. The van der Waals surface area contributed by atoms with Crippen molar-refractivity contribution < 1.29 is 26.7 Å². The summed E-state index contributed by atoms with van der Waals surface area (Å²) in [5, 5.41) is 0.431. The summed E-state index contributed by atoms with van der Waals surface area (Å²) in [6.45, 7) is 0. The van der Waals surface area contributed by atoms with Gasteiger partial charge in [-0.3, -0.25) is 0 Å². The molecule has 3 aromatic rings. The predicted octanol–water partition coefficient (Wildman–Crippen LogP) is 5.30. The zero-order valence-electron chi connectivity index (χ0n) is 14.8. The molecule has 10 heteroatoms. The highest BCUT2D eigenvalue weighted by Gasteiger charge is 2.44. The van der Waals surface area contributed by atoms with Crippen LogP contribution >= 0.6 is 11.8 Å². The molecular weight excluding hydrogens is 401 g/mol. The minimum atomic E-state index is -4.58. The van der Waals surface area contributed by atoms with Crippen LogP contribution in [-0.2, 0) is 5.75 Å². The lowest BCUT2D eigenvalue weighted by Gasteiger charge is -2.17. The van der Waals surface area contributed by atoms with Crippen LogP contribution in [0.25, 0.3) is 11.0 Å². The summed E-state index contributed by atoms with van der Waals surface area (Å²) in [7, 11) is 3.61. The normalized spacial score (nSPS) is 12.0. The van der Waals surface area contributed by atoms with E-state index in [1.54, 1.807) is 31.1 Å². The number of H-pyrrole nitrogens is 1. The van der Waals surface area contributed by atoms with E-state index < -0.39 is 18.3 Å². The summed E-state index contributed by atoms with van der Waals surface area (Å²) in [6, 6.07) is 8.46. The molecule has 0 spiro atoms. The molecule has 150 valence electrons. The minimum Gasteiger partial charge on any atom is -0.428 e. The number of aromatic amines is 1. The van der Waals surface area contributed by atoms with Crippen LogP contribution in [0.2, 0.25) is 0 Å². The second kappa shape index (κ2) is 7.86. The number of nitrogens with one attached hydrogen (secondary N) is 1. The topological polar surface area (TPSA) is 41.2 Å². The average molecular weight is 417 g/mol. The third kappa shape index (κ3) is 4.32. The summed E-state index contributed by atoms with van der Waals surface area (Å²) in [5.41, 5.74) is 2.01. The number of anilines is 1. The minimum absolute atomic E-state index is 0.285. The average Bonchev–Trinajstić information content (AvgIpc) is 3.02. The van der Waals surface area contributed by atoms with Gasteiger partial charge in [0.25, 0.3) is 0 Å². The fourth-order valence-electron chi connectivity index (χ4n) is 2.55. The maximum atomic E-state index is 14.2. The van der Waals surface area contributed by atoms with E-state index in [0.717, 1.165) is 17.8 Å². The lowest BCUT2D eigenvalue weighted by Crippen LogP contribution is -2.33. The zero-order valence-corrected chi connectivity index (χ0v) is 15.7. The molecule has 0 aliphatic rings. The number of ether oxygens (including phenoxy) is 1. The molecule has 2 aromatic carbocycles. The lowest BCUT2D eigenvalue weighted by molar-refractivity contribution is -0.253. The van der Waals surface area contributed by atoms with E-state index in [4.69, 9.17) is 0 Å². The molecule has 0 radical (unpaired) electrons. The van der Waals surface area contributed by atoms with Crippen LogP contribution in [-0.4, -0.2) is 36.6 Å². The third-order valence-corrected chi connectivity index (χ3v) is 4.77. The summed E-state index contributed by atoms with van der Waals surface area (Å²) >= 11 is 1.23. The van der Waals surface area contributed by atoms with Gasteiger partial charge in [-0.05, 0) is 24.3 Å². The quantitative estimate of drug-likeness (QED) is 0.419. The van der Waals surface area contributed by atoms with Gasteiger partial charge in [0.2, 0.25) is 0 Å². The molecule has 0 amide bonds. The first kappa shape index (κ1) is 20.2. The molecule has 1 heterocycles. The Morgan fingerprint density at radius 3 is 2.64 bits per heavy atom. The zero-order chi connectivity index (χ0) is 20.5. The first-order valence-electron chi connectivity index (χ1n) is 8.09. The molecule has 28 heavy (non-hydrogen) atoms. The van der Waals surface area contributed by atoms with Crippen LogP contribution in [0.15, 0.2) is 41.6 Å². The van der Waals surface area contributed by atoms with Crippen LogP contribution in [0.5, 0.6) is 5.75 Å². The van der Waals surface area contributed by atoms with Crippen LogP contribution in [0, 0.1) is 5.82 Å². The van der Waals surface area contributed by atoms with Gasteiger partial charge < -0.3 is 14.6 Å². The van der Waals surface area contributed by atoms with Crippen molar-refractivity contribution in [2.24, 2.45) is 0 Å². The SMILES string of the molecule is CN(C)c1cccc(F)c1CSc1nc2ccc(OC(F)(F)C(F)F)cc2[nH]1.